The molecular weight excluding hydrogens is 354 g/mol. The molecule has 2 fully saturated rings. The summed E-state index contributed by atoms with van der Waals surface area (Å²) in [6.07, 6.45) is 11.0. The van der Waals surface area contributed by atoms with E-state index in [9.17, 15) is 4.79 Å². The van der Waals surface area contributed by atoms with Crippen LogP contribution in [0.4, 0.5) is 4.79 Å². The number of nitrogens with one attached hydrogen (secondary N) is 1. The number of piperidine rings is 1. The Morgan fingerprint density at radius 1 is 1.25 bits per heavy atom. The molecule has 2 aromatic heterocycles. The Morgan fingerprint density at radius 2 is 2.04 bits per heavy atom. The van der Waals surface area contributed by atoms with Crippen LogP contribution in [-0.2, 0) is 6.54 Å². The molecule has 2 aromatic rings. The van der Waals surface area contributed by atoms with Crippen molar-refractivity contribution in [3.8, 4) is 11.3 Å². The first kappa shape index (κ1) is 18.9. The molecule has 1 saturated heterocycles. The fraction of sp³-hybridized carbons (Fsp3) is 0.571. The predicted octanol–water partition coefficient (Wildman–Crippen LogP) is 3.29. The van der Waals surface area contributed by atoms with Gasteiger partial charge in [0.2, 0.25) is 0 Å². The Balaban J connectivity index is 1.29. The lowest BCUT2D eigenvalue weighted by molar-refractivity contribution is 0.134. The molecule has 7 nitrogen and oxygen atoms in total. The van der Waals surface area contributed by atoms with Crippen LogP contribution in [0.25, 0.3) is 11.3 Å². The number of rotatable bonds is 5. The molecule has 1 aliphatic carbocycles. The van der Waals surface area contributed by atoms with Crippen LogP contribution in [0.3, 0.4) is 0 Å². The van der Waals surface area contributed by atoms with Crippen molar-refractivity contribution in [3.63, 3.8) is 0 Å². The lowest BCUT2D eigenvalue weighted by Crippen LogP contribution is -2.52. The SMILES string of the molecule is CN(Cc1cc(-c2ccncc2)no1)C(=O)N[C@@H]1CCCN(C2CCCC2)C1. The minimum Gasteiger partial charge on any atom is -0.359 e. The molecule has 150 valence electrons. The summed E-state index contributed by atoms with van der Waals surface area (Å²) in [6.45, 7) is 2.53. The van der Waals surface area contributed by atoms with E-state index >= 15 is 0 Å². The second kappa shape index (κ2) is 8.73. The van der Waals surface area contributed by atoms with Crippen molar-refractivity contribution in [1.82, 2.24) is 25.3 Å². The van der Waals surface area contributed by atoms with E-state index in [1.54, 1.807) is 24.3 Å². The summed E-state index contributed by atoms with van der Waals surface area (Å²) < 4.78 is 5.41. The molecule has 0 spiro atoms. The molecule has 28 heavy (non-hydrogen) atoms. The summed E-state index contributed by atoms with van der Waals surface area (Å²) in [7, 11) is 1.79. The van der Waals surface area contributed by atoms with Crippen LogP contribution < -0.4 is 5.32 Å². The molecule has 0 bridgehead atoms. The fourth-order valence-corrected chi connectivity index (χ4v) is 4.36. The molecule has 1 saturated carbocycles. The molecule has 0 aromatic carbocycles. The molecule has 1 atom stereocenters. The average Bonchev–Trinajstić information content (AvgIpc) is 3.41. The summed E-state index contributed by atoms with van der Waals surface area (Å²) in [6, 6.07) is 6.54. The lowest BCUT2D eigenvalue weighted by Gasteiger charge is -2.37. The number of hydrogen-bond donors (Lipinski definition) is 1. The number of hydrogen-bond acceptors (Lipinski definition) is 5. The van der Waals surface area contributed by atoms with Gasteiger partial charge in [0, 0.05) is 49.7 Å². The van der Waals surface area contributed by atoms with Gasteiger partial charge in [0.15, 0.2) is 5.76 Å². The van der Waals surface area contributed by atoms with E-state index in [0.717, 1.165) is 36.7 Å². The Morgan fingerprint density at radius 3 is 2.82 bits per heavy atom. The maximum atomic E-state index is 12.6. The molecule has 2 amide bonds. The minimum atomic E-state index is -0.0554. The standard InChI is InChI=1S/C21H29N5O2/c1-25(15-19-13-20(24-28-19)16-8-10-22-11-9-16)21(27)23-17-5-4-12-26(14-17)18-6-2-3-7-18/h8-11,13,17-18H,2-7,12,14-15H2,1H3,(H,23,27)/t17-/m1/s1. The maximum absolute atomic E-state index is 12.6. The number of nitrogens with zero attached hydrogens (tertiary/aromatic N) is 4. The maximum Gasteiger partial charge on any atom is 0.317 e. The molecule has 1 aliphatic heterocycles. The van der Waals surface area contributed by atoms with Gasteiger partial charge in [0.25, 0.3) is 0 Å². The van der Waals surface area contributed by atoms with Crippen molar-refractivity contribution in [2.24, 2.45) is 0 Å². The Kier molecular flexibility index (Phi) is 5.90. The van der Waals surface area contributed by atoms with Crippen molar-refractivity contribution in [3.05, 3.63) is 36.4 Å². The van der Waals surface area contributed by atoms with Crippen LogP contribution >= 0.6 is 0 Å². The summed E-state index contributed by atoms with van der Waals surface area (Å²) in [5.74, 6) is 0.667. The van der Waals surface area contributed by atoms with Gasteiger partial charge in [-0.3, -0.25) is 9.88 Å². The highest BCUT2D eigenvalue weighted by molar-refractivity contribution is 5.74. The smallest absolute Gasteiger partial charge is 0.317 e. The zero-order valence-corrected chi connectivity index (χ0v) is 16.5. The molecule has 0 unspecified atom stereocenters. The van der Waals surface area contributed by atoms with E-state index in [-0.39, 0.29) is 12.1 Å². The third-order valence-corrected chi connectivity index (χ3v) is 5.90. The molecular formula is C21H29N5O2. The first-order valence-electron chi connectivity index (χ1n) is 10.3. The Hall–Kier alpha value is -2.41. The van der Waals surface area contributed by atoms with E-state index in [1.165, 1.54) is 32.2 Å². The van der Waals surface area contributed by atoms with Crippen LogP contribution in [0.2, 0.25) is 0 Å². The predicted molar refractivity (Wildman–Crippen MR) is 107 cm³/mol. The highest BCUT2D eigenvalue weighted by Gasteiger charge is 2.29. The van der Waals surface area contributed by atoms with E-state index in [2.05, 4.69) is 20.4 Å². The summed E-state index contributed by atoms with van der Waals surface area (Å²) in [4.78, 5) is 20.9. The minimum absolute atomic E-state index is 0.0554. The van der Waals surface area contributed by atoms with Crippen molar-refractivity contribution < 1.29 is 9.32 Å². The zero-order valence-electron chi connectivity index (χ0n) is 16.5. The normalized spacial score (nSPS) is 21.0. The van der Waals surface area contributed by atoms with Gasteiger partial charge in [-0.2, -0.15) is 0 Å². The Labute approximate surface area is 166 Å². The number of amides is 2. The average molecular weight is 383 g/mol. The molecule has 7 heteroatoms. The number of pyridine rings is 1. The molecule has 1 N–H and O–H groups in total. The van der Waals surface area contributed by atoms with Crippen LogP contribution in [0.15, 0.2) is 35.1 Å². The molecule has 3 heterocycles. The highest BCUT2D eigenvalue weighted by atomic mass is 16.5. The van der Waals surface area contributed by atoms with Crippen molar-refractivity contribution in [2.75, 3.05) is 20.1 Å². The van der Waals surface area contributed by atoms with Gasteiger partial charge in [0.1, 0.15) is 5.69 Å². The van der Waals surface area contributed by atoms with Crippen molar-refractivity contribution in [2.45, 2.75) is 57.2 Å². The number of carbonyl (C=O) groups excluding carboxylic acids is 1. The van der Waals surface area contributed by atoms with Gasteiger partial charge in [-0.15, -0.1) is 0 Å². The van der Waals surface area contributed by atoms with Gasteiger partial charge in [0.05, 0.1) is 6.54 Å². The third kappa shape index (κ3) is 4.52. The number of aromatic nitrogens is 2. The molecule has 0 radical (unpaired) electrons. The summed E-state index contributed by atoms with van der Waals surface area (Å²) in [5.41, 5.74) is 1.71. The van der Waals surface area contributed by atoms with Crippen molar-refractivity contribution in [1.29, 1.82) is 0 Å². The monoisotopic (exact) mass is 383 g/mol. The molecule has 2 aliphatic rings. The highest BCUT2D eigenvalue weighted by Crippen LogP contribution is 2.26. The van der Waals surface area contributed by atoms with Crippen molar-refractivity contribution >= 4 is 6.03 Å². The van der Waals surface area contributed by atoms with Crippen LogP contribution in [0.5, 0.6) is 0 Å². The number of carbonyl (C=O) groups is 1. The van der Waals surface area contributed by atoms with Crippen LogP contribution in [0, 0.1) is 0 Å². The fourth-order valence-electron chi connectivity index (χ4n) is 4.36. The van der Waals surface area contributed by atoms with Gasteiger partial charge in [-0.1, -0.05) is 18.0 Å². The summed E-state index contributed by atoms with van der Waals surface area (Å²) >= 11 is 0. The first-order valence-corrected chi connectivity index (χ1v) is 10.3. The first-order chi connectivity index (χ1) is 13.7. The number of urea groups is 1. The second-order valence-electron chi connectivity index (χ2n) is 7.99. The van der Waals surface area contributed by atoms with Gasteiger partial charge in [-0.25, -0.2) is 4.79 Å². The quantitative estimate of drug-likeness (QED) is 0.858. The topological polar surface area (TPSA) is 74.5 Å². The van der Waals surface area contributed by atoms with E-state index in [4.69, 9.17) is 4.52 Å². The lowest BCUT2D eigenvalue weighted by atomic mass is 10.0. The Bertz CT molecular complexity index is 772. The van der Waals surface area contributed by atoms with Gasteiger partial charge in [-0.05, 0) is 44.4 Å². The van der Waals surface area contributed by atoms with E-state index < -0.39 is 0 Å². The van der Waals surface area contributed by atoms with Gasteiger partial charge >= 0.3 is 6.03 Å². The molecule has 4 rings (SSSR count). The zero-order chi connectivity index (χ0) is 19.3. The van der Waals surface area contributed by atoms with Gasteiger partial charge < -0.3 is 14.7 Å². The second-order valence-corrected chi connectivity index (χ2v) is 7.99. The largest absolute Gasteiger partial charge is 0.359 e. The number of likely N-dealkylation sites (tertiary alicyclic amines) is 1. The van der Waals surface area contributed by atoms with E-state index in [1.807, 2.05) is 18.2 Å². The van der Waals surface area contributed by atoms with E-state index in [0.29, 0.717) is 12.3 Å². The third-order valence-electron chi connectivity index (χ3n) is 5.90. The summed E-state index contributed by atoms with van der Waals surface area (Å²) in [5, 5.41) is 7.31. The van der Waals surface area contributed by atoms with Crippen LogP contribution in [-0.4, -0.2) is 58.2 Å². The van der Waals surface area contributed by atoms with Crippen LogP contribution in [0.1, 0.15) is 44.3 Å².